The van der Waals surface area contributed by atoms with Gasteiger partial charge in [-0.25, -0.2) is 4.79 Å². The fraction of sp³-hybridized carbons (Fsp3) is 0.571. The Morgan fingerprint density at radius 2 is 1.85 bits per heavy atom. The lowest BCUT2D eigenvalue weighted by atomic mass is 9.77. The summed E-state index contributed by atoms with van der Waals surface area (Å²) in [5, 5.41) is 2.90. The van der Waals surface area contributed by atoms with Crippen LogP contribution in [0.25, 0.3) is 0 Å². The van der Waals surface area contributed by atoms with E-state index in [4.69, 9.17) is 0 Å². The minimum absolute atomic E-state index is 0.0314. The Morgan fingerprint density at radius 3 is 2.56 bits per heavy atom. The molecule has 0 aromatic heterocycles. The van der Waals surface area contributed by atoms with Crippen molar-refractivity contribution >= 4 is 17.8 Å². The third kappa shape index (κ3) is 3.22. The lowest BCUT2D eigenvalue weighted by Crippen LogP contribution is -2.50. The number of nitrogens with zero attached hydrogens (tertiary/aromatic N) is 2. The summed E-state index contributed by atoms with van der Waals surface area (Å²) in [6, 6.07) is 9.58. The van der Waals surface area contributed by atoms with Gasteiger partial charge in [0.05, 0.1) is 6.04 Å². The van der Waals surface area contributed by atoms with Gasteiger partial charge >= 0.3 is 6.03 Å². The van der Waals surface area contributed by atoms with Crippen molar-refractivity contribution in [3.63, 3.8) is 0 Å². The number of hydrogen-bond donors (Lipinski definition) is 1. The van der Waals surface area contributed by atoms with Crippen molar-refractivity contribution in [2.24, 2.45) is 5.92 Å². The molecule has 27 heavy (non-hydrogen) atoms. The number of amides is 4. The summed E-state index contributed by atoms with van der Waals surface area (Å²) < 4.78 is 0. The molecule has 1 N–H and O–H groups in total. The number of rotatable bonds is 3. The highest BCUT2D eigenvalue weighted by Crippen LogP contribution is 2.37. The second-order valence-corrected chi connectivity index (χ2v) is 8.24. The summed E-state index contributed by atoms with van der Waals surface area (Å²) in [5.41, 5.74) is 0.326. The summed E-state index contributed by atoms with van der Waals surface area (Å²) in [5.74, 6) is 0.210. The van der Waals surface area contributed by atoms with E-state index < -0.39 is 11.6 Å². The Balaban J connectivity index is 1.46. The normalized spacial score (nSPS) is 30.9. The van der Waals surface area contributed by atoms with E-state index in [1.807, 2.05) is 35.2 Å². The molecule has 0 unspecified atom stereocenters. The fourth-order valence-electron chi connectivity index (χ4n) is 4.73. The smallest absolute Gasteiger partial charge is 0.325 e. The topological polar surface area (TPSA) is 69.7 Å². The molecule has 1 aromatic carbocycles. The molecule has 1 aliphatic carbocycles. The first-order valence-electron chi connectivity index (χ1n) is 9.99. The van der Waals surface area contributed by atoms with Crippen LogP contribution in [-0.4, -0.2) is 46.3 Å². The van der Waals surface area contributed by atoms with E-state index in [0.29, 0.717) is 25.3 Å². The molecule has 2 saturated heterocycles. The Kier molecular flexibility index (Phi) is 4.66. The third-order valence-corrected chi connectivity index (χ3v) is 6.42. The van der Waals surface area contributed by atoms with Crippen molar-refractivity contribution in [1.82, 2.24) is 15.1 Å². The average Bonchev–Trinajstić information content (AvgIpc) is 3.25. The van der Waals surface area contributed by atoms with Crippen LogP contribution >= 0.6 is 0 Å². The van der Waals surface area contributed by atoms with E-state index >= 15 is 0 Å². The van der Waals surface area contributed by atoms with Crippen LogP contribution in [0.4, 0.5) is 4.79 Å². The molecule has 144 valence electrons. The lowest BCUT2D eigenvalue weighted by molar-refractivity contribution is -0.140. The molecule has 2 heterocycles. The number of carbonyl (C=O) groups is 3. The molecule has 1 spiro atoms. The van der Waals surface area contributed by atoms with Gasteiger partial charge < -0.3 is 10.2 Å². The minimum Gasteiger partial charge on any atom is -0.334 e. The first kappa shape index (κ1) is 18.0. The number of benzene rings is 1. The van der Waals surface area contributed by atoms with Gasteiger partial charge in [0, 0.05) is 6.54 Å². The first-order chi connectivity index (χ1) is 13.0. The second kappa shape index (κ2) is 6.98. The molecule has 3 aliphatic rings. The van der Waals surface area contributed by atoms with Gasteiger partial charge in [-0.15, -0.1) is 0 Å². The summed E-state index contributed by atoms with van der Waals surface area (Å²) >= 11 is 0. The van der Waals surface area contributed by atoms with Crippen molar-refractivity contribution in [3.05, 3.63) is 35.9 Å². The Morgan fingerprint density at radius 1 is 1.15 bits per heavy atom. The number of nitrogens with one attached hydrogen (secondary N) is 1. The monoisotopic (exact) mass is 369 g/mol. The number of likely N-dealkylation sites (tertiary alicyclic amines) is 1. The van der Waals surface area contributed by atoms with E-state index in [2.05, 4.69) is 12.2 Å². The van der Waals surface area contributed by atoms with Gasteiger partial charge in [-0.1, -0.05) is 37.3 Å². The number of imide groups is 1. The highest BCUT2D eigenvalue weighted by Gasteiger charge is 2.52. The molecule has 3 fully saturated rings. The molecule has 1 atom stereocenters. The van der Waals surface area contributed by atoms with Gasteiger partial charge in [-0.3, -0.25) is 14.5 Å². The molecule has 2 aliphatic heterocycles. The summed E-state index contributed by atoms with van der Waals surface area (Å²) in [6.45, 7) is 2.68. The number of urea groups is 1. The predicted octanol–water partition coefficient (Wildman–Crippen LogP) is 2.85. The quantitative estimate of drug-likeness (QED) is 0.833. The Hall–Kier alpha value is -2.37. The molecule has 4 rings (SSSR count). The minimum atomic E-state index is -0.784. The van der Waals surface area contributed by atoms with E-state index in [1.54, 1.807) is 0 Å². The zero-order valence-corrected chi connectivity index (χ0v) is 15.8. The van der Waals surface area contributed by atoms with Crippen molar-refractivity contribution in [1.29, 1.82) is 0 Å². The molecule has 6 heteroatoms. The van der Waals surface area contributed by atoms with Crippen LogP contribution in [0.3, 0.4) is 0 Å². The van der Waals surface area contributed by atoms with E-state index in [-0.39, 0.29) is 24.4 Å². The largest absolute Gasteiger partial charge is 0.334 e. The van der Waals surface area contributed by atoms with Crippen molar-refractivity contribution in [3.8, 4) is 0 Å². The highest BCUT2D eigenvalue weighted by atomic mass is 16.2. The molecular weight excluding hydrogens is 342 g/mol. The van der Waals surface area contributed by atoms with Crippen LogP contribution < -0.4 is 5.32 Å². The maximum absolute atomic E-state index is 13.0. The average molecular weight is 369 g/mol. The van der Waals surface area contributed by atoms with Crippen LogP contribution in [0.2, 0.25) is 0 Å². The molecule has 1 aromatic rings. The summed E-state index contributed by atoms with van der Waals surface area (Å²) in [7, 11) is 0. The molecule has 6 nitrogen and oxygen atoms in total. The number of hydrogen-bond acceptors (Lipinski definition) is 3. The van der Waals surface area contributed by atoms with E-state index in [0.717, 1.165) is 36.1 Å². The predicted molar refractivity (Wildman–Crippen MR) is 101 cm³/mol. The van der Waals surface area contributed by atoms with Crippen molar-refractivity contribution < 1.29 is 14.4 Å². The van der Waals surface area contributed by atoms with Crippen molar-refractivity contribution in [2.75, 3.05) is 13.1 Å². The lowest BCUT2D eigenvalue weighted by Gasteiger charge is -2.33. The van der Waals surface area contributed by atoms with E-state index in [1.165, 1.54) is 0 Å². The number of carbonyl (C=O) groups excluding carboxylic acids is 3. The zero-order chi connectivity index (χ0) is 19.0. The highest BCUT2D eigenvalue weighted by molar-refractivity contribution is 6.09. The zero-order valence-electron chi connectivity index (χ0n) is 15.8. The Labute approximate surface area is 159 Å². The molecular formula is C21H27N3O3. The fourth-order valence-corrected chi connectivity index (χ4v) is 4.73. The first-order valence-corrected chi connectivity index (χ1v) is 9.99. The molecule has 0 radical (unpaired) electrons. The van der Waals surface area contributed by atoms with Gasteiger partial charge in [0.15, 0.2) is 0 Å². The third-order valence-electron chi connectivity index (χ3n) is 6.42. The van der Waals surface area contributed by atoms with Crippen LogP contribution in [0.5, 0.6) is 0 Å². The maximum Gasteiger partial charge on any atom is 0.325 e. The van der Waals surface area contributed by atoms with Crippen LogP contribution in [0.15, 0.2) is 30.3 Å². The summed E-state index contributed by atoms with van der Waals surface area (Å²) in [6.07, 6.45) is 5.04. The van der Waals surface area contributed by atoms with Gasteiger partial charge in [0.2, 0.25) is 5.91 Å². The van der Waals surface area contributed by atoms with Gasteiger partial charge in [0.25, 0.3) is 5.91 Å². The van der Waals surface area contributed by atoms with Gasteiger partial charge in [-0.05, 0) is 50.0 Å². The molecule has 4 amide bonds. The van der Waals surface area contributed by atoms with E-state index in [9.17, 15) is 14.4 Å². The van der Waals surface area contributed by atoms with Gasteiger partial charge in [-0.2, -0.15) is 0 Å². The molecule has 0 bridgehead atoms. The Bertz CT molecular complexity index is 740. The van der Waals surface area contributed by atoms with Crippen molar-refractivity contribution in [2.45, 2.75) is 57.0 Å². The van der Waals surface area contributed by atoms with Crippen LogP contribution in [0.1, 0.15) is 57.1 Å². The van der Waals surface area contributed by atoms with Crippen LogP contribution in [-0.2, 0) is 9.59 Å². The summed E-state index contributed by atoms with van der Waals surface area (Å²) in [4.78, 5) is 41.4. The van der Waals surface area contributed by atoms with Crippen LogP contribution in [0, 0.1) is 5.92 Å². The molecule has 1 saturated carbocycles. The van der Waals surface area contributed by atoms with Gasteiger partial charge in [0.1, 0.15) is 12.1 Å². The second-order valence-electron chi connectivity index (χ2n) is 8.24. The maximum atomic E-state index is 13.0. The SMILES string of the molecule is CC1CCC2(CC1)NC(=O)N(CC(=O)N1CCC[C@H]1c1ccccc1)C2=O. The standard InChI is InChI=1S/C21H27N3O3/c1-15-9-11-21(12-10-15)19(26)24(20(27)22-21)14-18(25)23-13-5-8-17(23)16-6-3-2-4-7-16/h2-4,6-7,15,17H,5,8-14H2,1H3,(H,22,27)/t15?,17-,21?/m0/s1.